The van der Waals surface area contributed by atoms with Crippen molar-refractivity contribution in [3.8, 4) is 11.4 Å². The molecule has 7 heteroatoms. The van der Waals surface area contributed by atoms with E-state index in [4.69, 9.17) is 16.1 Å². The Labute approximate surface area is 121 Å². The van der Waals surface area contributed by atoms with Gasteiger partial charge < -0.3 is 15.2 Å². The zero-order valence-electron chi connectivity index (χ0n) is 11.0. The molecule has 2 aromatic rings. The van der Waals surface area contributed by atoms with E-state index in [1.807, 2.05) is 12.1 Å². The minimum absolute atomic E-state index is 0.0649. The van der Waals surface area contributed by atoms with Gasteiger partial charge in [-0.05, 0) is 31.3 Å². The summed E-state index contributed by atoms with van der Waals surface area (Å²) in [5, 5.41) is 10.1. The quantitative estimate of drug-likeness (QED) is 0.838. The first kappa shape index (κ1) is 14.5. The van der Waals surface area contributed by atoms with Gasteiger partial charge in [0.2, 0.25) is 17.6 Å². The Morgan fingerprint density at radius 1 is 1.35 bits per heavy atom. The number of amides is 1. The molecule has 1 heterocycles. The highest BCUT2D eigenvalue weighted by Crippen LogP contribution is 2.18. The van der Waals surface area contributed by atoms with Gasteiger partial charge >= 0.3 is 0 Å². The van der Waals surface area contributed by atoms with Gasteiger partial charge in [-0.3, -0.25) is 4.79 Å². The van der Waals surface area contributed by atoms with Crippen LogP contribution in [0.1, 0.15) is 5.89 Å². The van der Waals surface area contributed by atoms with Gasteiger partial charge in [0.15, 0.2) is 0 Å². The maximum absolute atomic E-state index is 11.2. The molecule has 1 aromatic carbocycles. The Morgan fingerprint density at radius 3 is 2.80 bits per heavy atom. The van der Waals surface area contributed by atoms with Gasteiger partial charge in [-0.2, -0.15) is 4.98 Å². The summed E-state index contributed by atoms with van der Waals surface area (Å²) in [5.41, 5.74) is 0.837. The molecule has 6 nitrogen and oxygen atoms in total. The molecule has 0 aliphatic rings. The number of benzene rings is 1. The van der Waals surface area contributed by atoms with E-state index in [1.165, 1.54) is 0 Å². The van der Waals surface area contributed by atoms with Crippen LogP contribution in [0.4, 0.5) is 0 Å². The van der Waals surface area contributed by atoms with Crippen molar-refractivity contribution in [3.63, 3.8) is 0 Å². The lowest BCUT2D eigenvalue weighted by molar-refractivity contribution is -0.120. The largest absolute Gasteiger partial charge is 0.354 e. The molecule has 0 bridgehead atoms. The van der Waals surface area contributed by atoms with E-state index in [2.05, 4.69) is 20.8 Å². The number of hydrogen-bond donors (Lipinski definition) is 2. The summed E-state index contributed by atoms with van der Waals surface area (Å²) in [6, 6.07) is 7.19. The van der Waals surface area contributed by atoms with Crippen LogP contribution in [0.5, 0.6) is 0 Å². The van der Waals surface area contributed by atoms with Crippen LogP contribution >= 0.6 is 11.6 Å². The van der Waals surface area contributed by atoms with Gasteiger partial charge in [-0.15, -0.1) is 0 Å². The third-order valence-corrected chi connectivity index (χ3v) is 2.82. The van der Waals surface area contributed by atoms with Crippen molar-refractivity contribution >= 4 is 17.5 Å². The molecule has 0 fully saturated rings. The van der Waals surface area contributed by atoms with E-state index in [1.54, 1.807) is 19.2 Å². The summed E-state index contributed by atoms with van der Waals surface area (Å²) in [6.07, 6.45) is 0.496. The lowest BCUT2D eigenvalue weighted by Gasteiger charge is -2.01. The molecule has 1 amide bonds. The first-order valence-electron chi connectivity index (χ1n) is 6.19. The number of likely N-dealkylation sites (N-methyl/N-ethyl adjacent to an activating group) is 1. The molecule has 20 heavy (non-hydrogen) atoms. The Bertz CT molecular complexity index is 568. The molecule has 0 unspecified atom stereocenters. The lowest BCUT2D eigenvalue weighted by atomic mass is 10.2. The van der Waals surface area contributed by atoms with E-state index in [0.29, 0.717) is 36.2 Å². The number of aromatic nitrogens is 2. The van der Waals surface area contributed by atoms with Crippen LogP contribution in [-0.2, 0) is 11.2 Å². The highest BCUT2D eigenvalue weighted by molar-refractivity contribution is 6.30. The molecule has 0 saturated heterocycles. The normalized spacial score (nSPS) is 10.5. The summed E-state index contributed by atoms with van der Waals surface area (Å²) in [7, 11) is 1.72. The first-order chi connectivity index (χ1) is 9.69. The molecule has 1 aromatic heterocycles. The van der Waals surface area contributed by atoms with Crippen LogP contribution in [0.2, 0.25) is 5.02 Å². The molecule has 0 aliphatic carbocycles. The Hall–Kier alpha value is -1.92. The summed E-state index contributed by atoms with van der Waals surface area (Å²) < 4.78 is 5.13. The van der Waals surface area contributed by atoms with Crippen LogP contribution in [0, 0.1) is 0 Å². The number of hydrogen-bond acceptors (Lipinski definition) is 5. The molecule has 2 rings (SSSR count). The maximum atomic E-state index is 11.2. The average Bonchev–Trinajstić information content (AvgIpc) is 2.89. The SMILES string of the molecule is CNCC(=O)NCCc1nc(-c2ccc(Cl)cc2)no1. The molecular weight excluding hydrogens is 280 g/mol. The van der Waals surface area contributed by atoms with Gasteiger partial charge in [0.05, 0.1) is 6.54 Å². The third-order valence-electron chi connectivity index (χ3n) is 2.57. The van der Waals surface area contributed by atoms with Crippen LogP contribution in [-0.4, -0.2) is 36.2 Å². The minimum Gasteiger partial charge on any atom is -0.354 e. The summed E-state index contributed by atoms with van der Waals surface area (Å²) >= 11 is 5.82. The molecule has 0 radical (unpaired) electrons. The number of rotatable bonds is 6. The van der Waals surface area contributed by atoms with E-state index in [9.17, 15) is 4.79 Å². The predicted molar refractivity (Wildman–Crippen MR) is 75.4 cm³/mol. The molecule has 0 spiro atoms. The van der Waals surface area contributed by atoms with Crippen LogP contribution < -0.4 is 10.6 Å². The van der Waals surface area contributed by atoms with E-state index in [-0.39, 0.29) is 5.91 Å². The summed E-state index contributed by atoms with van der Waals surface area (Å²) in [6.45, 7) is 0.753. The highest BCUT2D eigenvalue weighted by atomic mass is 35.5. The van der Waals surface area contributed by atoms with Crippen molar-refractivity contribution in [2.24, 2.45) is 0 Å². The smallest absolute Gasteiger partial charge is 0.233 e. The van der Waals surface area contributed by atoms with Gasteiger partial charge in [0.1, 0.15) is 0 Å². The third kappa shape index (κ3) is 4.04. The van der Waals surface area contributed by atoms with E-state index < -0.39 is 0 Å². The second-order valence-corrected chi connectivity index (χ2v) is 4.59. The monoisotopic (exact) mass is 294 g/mol. The first-order valence-corrected chi connectivity index (χ1v) is 6.56. The van der Waals surface area contributed by atoms with Crippen molar-refractivity contribution < 1.29 is 9.32 Å². The standard InChI is InChI=1S/C13H15ClN4O2/c1-15-8-11(19)16-7-6-12-17-13(18-20-12)9-2-4-10(14)5-3-9/h2-5,15H,6-8H2,1H3,(H,16,19). The van der Waals surface area contributed by atoms with Crippen molar-refractivity contribution in [1.82, 2.24) is 20.8 Å². The van der Waals surface area contributed by atoms with Crippen molar-refractivity contribution in [1.29, 1.82) is 0 Å². The van der Waals surface area contributed by atoms with Crippen LogP contribution in [0.15, 0.2) is 28.8 Å². The number of carbonyl (C=O) groups is 1. The molecule has 106 valence electrons. The topological polar surface area (TPSA) is 80.0 Å². The van der Waals surface area contributed by atoms with Gasteiger partial charge in [0.25, 0.3) is 0 Å². The molecule has 0 saturated carbocycles. The van der Waals surface area contributed by atoms with E-state index >= 15 is 0 Å². The number of carbonyl (C=O) groups excluding carboxylic acids is 1. The number of nitrogens with one attached hydrogen (secondary N) is 2. The van der Waals surface area contributed by atoms with Crippen molar-refractivity contribution in [3.05, 3.63) is 35.2 Å². The number of halogens is 1. The fourth-order valence-corrected chi connectivity index (χ4v) is 1.73. The summed E-state index contributed by atoms with van der Waals surface area (Å²) in [5.74, 6) is 0.933. The summed E-state index contributed by atoms with van der Waals surface area (Å²) in [4.78, 5) is 15.5. The predicted octanol–water partition coefficient (Wildman–Crippen LogP) is 1.27. The molecule has 2 N–H and O–H groups in total. The molecule has 0 aliphatic heterocycles. The number of nitrogens with zero attached hydrogens (tertiary/aromatic N) is 2. The van der Waals surface area contributed by atoms with Crippen molar-refractivity contribution in [2.75, 3.05) is 20.1 Å². The molecular formula is C13H15ClN4O2. The van der Waals surface area contributed by atoms with Gasteiger partial charge in [-0.25, -0.2) is 0 Å². The maximum Gasteiger partial charge on any atom is 0.233 e. The van der Waals surface area contributed by atoms with Gasteiger partial charge in [0, 0.05) is 23.6 Å². The fraction of sp³-hybridized carbons (Fsp3) is 0.308. The Kier molecular flexibility index (Phi) is 5.09. The second-order valence-electron chi connectivity index (χ2n) is 4.15. The zero-order chi connectivity index (χ0) is 14.4. The van der Waals surface area contributed by atoms with Crippen molar-refractivity contribution in [2.45, 2.75) is 6.42 Å². The fourth-order valence-electron chi connectivity index (χ4n) is 1.60. The van der Waals surface area contributed by atoms with E-state index in [0.717, 1.165) is 5.56 Å². The minimum atomic E-state index is -0.0649. The lowest BCUT2D eigenvalue weighted by Crippen LogP contribution is -2.33. The molecule has 0 atom stereocenters. The second kappa shape index (κ2) is 7.02. The van der Waals surface area contributed by atoms with Crippen LogP contribution in [0.3, 0.4) is 0 Å². The Balaban J connectivity index is 1.89. The Morgan fingerprint density at radius 2 is 2.10 bits per heavy atom. The highest BCUT2D eigenvalue weighted by Gasteiger charge is 2.08. The van der Waals surface area contributed by atoms with Crippen LogP contribution in [0.25, 0.3) is 11.4 Å². The van der Waals surface area contributed by atoms with Gasteiger partial charge in [-0.1, -0.05) is 16.8 Å². The zero-order valence-corrected chi connectivity index (χ0v) is 11.8. The average molecular weight is 295 g/mol.